The van der Waals surface area contributed by atoms with Crippen LogP contribution in [0.15, 0.2) is 48.5 Å². The number of aromatic nitrogens is 2. The highest BCUT2D eigenvalue weighted by Crippen LogP contribution is 2.22. The van der Waals surface area contributed by atoms with Crippen LogP contribution in [-0.4, -0.2) is 39.6 Å². The zero-order valence-corrected chi connectivity index (χ0v) is 18.3. The second-order valence-electron chi connectivity index (χ2n) is 7.87. The van der Waals surface area contributed by atoms with Gasteiger partial charge in [-0.25, -0.2) is 0 Å². The highest BCUT2D eigenvalue weighted by atomic mass is 16.6. The van der Waals surface area contributed by atoms with Gasteiger partial charge in [0.25, 0.3) is 5.91 Å². The van der Waals surface area contributed by atoms with Gasteiger partial charge in [0.05, 0.1) is 11.5 Å². The smallest absolute Gasteiger partial charge is 0.312 e. The largest absolute Gasteiger partial charge is 0.348 e. The van der Waals surface area contributed by atoms with Crippen molar-refractivity contribution in [2.75, 3.05) is 14.1 Å². The van der Waals surface area contributed by atoms with Crippen LogP contribution >= 0.6 is 0 Å². The van der Waals surface area contributed by atoms with E-state index in [1.54, 1.807) is 30.7 Å². The van der Waals surface area contributed by atoms with E-state index in [-0.39, 0.29) is 11.6 Å². The van der Waals surface area contributed by atoms with E-state index < -0.39 is 4.92 Å². The Morgan fingerprint density at radius 2 is 1.61 bits per heavy atom. The molecule has 1 heterocycles. The summed E-state index contributed by atoms with van der Waals surface area (Å²) in [6.45, 7) is 5.06. The van der Waals surface area contributed by atoms with Gasteiger partial charge in [-0.2, -0.15) is 5.10 Å². The first-order valence-electron chi connectivity index (χ1n) is 10.0. The molecule has 1 amide bonds. The minimum atomic E-state index is -0.405. The van der Waals surface area contributed by atoms with E-state index in [1.807, 2.05) is 38.4 Å². The van der Waals surface area contributed by atoms with E-state index in [0.717, 1.165) is 17.7 Å². The van der Waals surface area contributed by atoms with Gasteiger partial charge < -0.3 is 10.2 Å². The molecule has 3 rings (SSSR count). The van der Waals surface area contributed by atoms with Crippen LogP contribution in [-0.2, 0) is 19.6 Å². The van der Waals surface area contributed by atoms with Crippen molar-refractivity contribution in [2.45, 2.75) is 33.5 Å². The number of hydrogen-bond acceptors (Lipinski definition) is 5. The highest BCUT2D eigenvalue weighted by Gasteiger charge is 2.21. The second-order valence-corrected chi connectivity index (χ2v) is 7.87. The van der Waals surface area contributed by atoms with Crippen LogP contribution in [0.3, 0.4) is 0 Å². The van der Waals surface area contributed by atoms with Gasteiger partial charge in [0, 0.05) is 18.7 Å². The maximum Gasteiger partial charge on any atom is 0.312 e. The third-order valence-electron chi connectivity index (χ3n) is 5.05. The molecule has 1 aromatic heterocycles. The second kappa shape index (κ2) is 9.53. The Morgan fingerprint density at radius 3 is 2.16 bits per heavy atom. The number of carbonyl (C=O) groups is 1. The molecule has 162 valence electrons. The fourth-order valence-corrected chi connectivity index (χ4v) is 3.45. The number of hydrogen-bond donors (Lipinski definition) is 1. The Balaban J connectivity index is 1.59. The van der Waals surface area contributed by atoms with E-state index in [1.165, 1.54) is 5.56 Å². The summed E-state index contributed by atoms with van der Waals surface area (Å²) in [4.78, 5) is 25.3. The summed E-state index contributed by atoms with van der Waals surface area (Å²) < 4.78 is 1.61. The summed E-state index contributed by atoms with van der Waals surface area (Å²) in [5.74, 6) is -0.148. The van der Waals surface area contributed by atoms with Crippen LogP contribution in [0.1, 0.15) is 38.4 Å². The Hall–Kier alpha value is -3.52. The van der Waals surface area contributed by atoms with Gasteiger partial charge >= 0.3 is 5.69 Å². The van der Waals surface area contributed by atoms with Crippen molar-refractivity contribution in [1.29, 1.82) is 0 Å². The molecule has 0 unspecified atom stereocenters. The first-order chi connectivity index (χ1) is 14.7. The van der Waals surface area contributed by atoms with Crippen molar-refractivity contribution in [3.8, 4) is 0 Å². The lowest BCUT2D eigenvalue weighted by atomic mass is 10.1. The molecule has 0 bridgehead atoms. The van der Waals surface area contributed by atoms with Crippen LogP contribution < -0.4 is 5.32 Å². The molecule has 0 aliphatic carbocycles. The maximum atomic E-state index is 12.5. The molecule has 2 aromatic carbocycles. The fraction of sp³-hybridized carbons (Fsp3) is 0.304. The summed E-state index contributed by atoms with van der Waals surface area (Å²) in [6, 6.07) is 15.4. The van der Waals surface area contributed by atoms with Gasteiger partial charge in [-0.15, -0.1) is 0 Å². The summed E-state index contributed by atoms with van der Waals surface area (Å²) in [5.41, 5.74) is 4.70. The van der Waals surface area contributed by atoms with Crippen LogP contribution in [0.2, 0.25) is 0 Å². The van der Waals surface area contributed by atoms with Gasteiger partial charge in [-0.05, 0) is 56.8 Å². The highest BCUT2D eigenvalue weighted by molar-refractivity contribution is 5.94. The average molecular weight is 422 g/mol. The molecule has 0 fully saturated rings. The third-order valence-corrected chi connectivity index (χ3v) is 5.05. The average Bonchev–Trinajstić information content (AvgIpc) is 3.00. The van der Waals surface area contributed by atoms with Gasteiger partial charge in [-0.1, -0.05) is 36.4 Å². The SMILES string of the molecule is Cc1nn(Cc2ccc(C(=O)NCc3ccc(CN(C)C)cc3)cc2)c(C)c1[N+](=O)[O-]. The quantitative estimate of drug-likeness (QED) is 0.444. The molecule has 0 spiro atoms. The summed E-state index contributed by atoms with van der Waals surface area (Å²) >= 11 is 0. The first-order valence-corrected chi connectivity index (χ1v) is 10.0. The predicted octanol–water partition coefficient (Wildman–Crippen LogP) is 3.45. The van der Waals surface area contributed by atoms with Crippen molar-refractivity contribution in [1.82, 2.24) is 20.0 Å². The lowest BCUT2D eigenvalue weighted by molar-refractivity contribution is -0.386. The molecule has 0 radical (unpaired) electrons. The van der Waals surface area contributed by atoms with Crippen LogP contribution in [0.5, 0.6) is 0 Å². The maximum absolute atomic E-state index is 12.5. The molecular weight excluding hydrogens is 394 g/mol. The zero-order chi connectivity index (χ0) is 22.5. The van der Waals surface area contributed by atoms with Crippen molar-refractivity contribution < 1.29 is 9.72 Å². The molecule has 0 aliphatic rings. The number of amides is 1. The Morgan fingerprint density at radius 1 is 1.03 bits per heavy atom. The van der Waals surface area contributed by atoms with Gasteiger partial charge in [0.1, 0.15) is 11.4 Å². The Labute approximate surface area is 181 Å². The molecule has 8 heteroatoms. The molecule has 1 N–H and O–H groups in total. The van der Waals surface area contributed by atoms with Gasteiger partial charge in [-0.3, -0.25) is 19.6 Å². The van der Waals surface area contributed by atoms with Crippen LogP contribution in [0.25, 0.3) is 0 Å². The molecule has 8 nitrogen and oxygen atoms in total. The van der Waals surface area contributed by atoms with Crippen LogP contribution in [0, 0.1) is 24.0 Å². The van der Waals surface area contributed by atoms with E-state index in [9.17, 15) is 14.9 Å². The number of benzene rings is 2. The molecule has 31 heavy (non-hydrogen) atoms. The topological polar surface area (TPSA) is 93.3 Å². The Bertz CT molecular complexity index is 1070. The lowest BCUT2D eigenvalue weighted by Crippen LogP contribution is -2.22. The molecule has 3 aromatic rings. The minimum Gasteiger partial charge on any atom is -0.348 e. The number of nitrogens with one attached hydrogen (secondary N) is 1. The lowest BCUT2D eigenvalue weighted by Gasteiger charge is -2.11. The summed E-state index contributed by atoms with van der Waals surface area (Å²) in [6.07, 6.45) is 0. The van der Waals surface area contributed by atoms with Crippen molar-refractivity contribution in [2.24, 2.45) is 0 Å². The molecule has 0 saturated carbocycles. The van der Waals surface area contributed by atoms with Gasteiger partial charge in [0.15, 0.2) is 0 Å². The Kier molecular flexibility index (Phi) is 6.81. The van der Waals surface area contributed by atoms with Gasteiger partial charge in [0.2, 0.25) is 0 Å². The molecular formula is C23H27N5O3. The van der Waals surface area contributed by atoms with E-state index >= 15 is 0 Å². The monoisotopic (exact) mass is 421 g/mol. The van der Waals surface area contributed by atoms with E-state index in [0.29, 0.717) is 30.0 Å². The number of nitro groups is 1. The standard InChI is InChI=1S/C23H27N5O3/c1-16-22(28(30)31)17(2)27(25-16)15-20-9-11-21(12-10-20)23(29)24-13-18-5-7-19(8-6-18)14-26(3)4/h5-12H,13-15H2,1-4H3,(H,24,29). The zero-order valence-electron chi connectivity index (χ0n) is 18.3. The number of nitrogens with zero attached hydrogens (tertiary/aromatic N) is 4. The summed E-state index contributed by atoms with van der Waals surface area (Å²) in [7, 11) is 4.06. The number of aryl methyl sites for hydroxylation is 1. The number of rotatable bonds is 8. The minimum absolute atomic E-state index is 0.0470. The first kappa shape index (κ1) is 22.2. The normalized spacial score (nSPS) is 11.0. The predicted molar refractivity (Wildman–Crippen MR) is 119 cm³/mol. The summed E-state index contributed by atoms with van der Waals surface area (Å²) in [5, 5.41) is 18.4. The fourth-order valence-electron chi connectivity index (χ4n) is 3.45. The molecule has 0 atom stereocenters. The molecule has 0 aliphatic heterocycles. The van der Waals surface area contributed by atoms with Crippen molar-refractivity contribution in [3.05, 3.63) is 92.3 Å². The van der Waals surface area contributed by atoms with E-state index in [2.05, 4.69) is 27.4 Å². The van der Waals surface area contributed by atoms with E-state index in [4.69, 9.17) is 0 Å². The van der Waals surface area contributed by atoms with Crippen molar-refractivity contribution >= 4 is 11.6 Å². The third kappa shape index (κ3) is 5.55. The number of carbonyl (C=O) groups excluding carboxylic acids is 1. The van der Waals surface area contributed by atoms with Crippen LogP contribution in [0.4, 0.5) is 5.69 Å². The van der Waals surface area contributed by atoms with Crippen molar-refractivity contribution in [3.63, 3.8) is 0 Å². The molecule has 0 saturated heterocycles.